The number of hydrogen-bond acceptors (Lipinski definition) is 3. The summed E-state index contributed by atoms with van der Waals surface area (Å²) in [6.45, 7) is 2.20. The third-order valence-electron chi connectivity index (χ3n) is 3.69. The standard InChI is InChI=1S/C13H17ClN2O2/c1-2-9-4-3-5-12(9)15-13-7-6-10(16(17)18)8-11(13)14/h6-9,12,15H,2-5H2,1H3. The summed E-state index contributed by atoms with van der Waals surface area (Å²) in [5.41, 5.74) is 0.830. The van der Waals surface area contributed by atoms with E-state index in [0.29, 0.717) is 17.0 Å². The molecule has 1 N–H and O–H groups in total. The molecule has 0 spiro atoms. The largest absolute Gasteiger partial charge is 0.381 e. The van der Waals surface area contributed by atoms with E-state index in [1.807, 2.05) is 0 Å². The zero-order valence-corrected chi connectivity index (χ0v) is 11.1. The Labute approximate surface area is 111 Å². The van der Waals surface area contributed by atoms with Gasteiger partial charge in [-0.1, -0.05) is 31.4 Å². The Morgan fingerprint density at radius 1 is 1.50 bits per heavy atom. The van der Waals surface area contributed by atoms with Crippen LogP contribution in [0.1, 0.15) is 32.6 Å². The molecule has 0 bridgehead atoms. The Bertz CT molecular complexity index is 451. The molecule has 0 aliphatic heterocycles. The van der Waals surface area contributed by atoms with Crippen molar-refractivity contribution in [1.82, 2.24) is 0 Å². The van der Waals surface area contributed by atoms with Gasteiger partial charge in [-0.05, 0) is 24.8 Å². The zero-order chi connectivity index (χ0) is 13.1. The highest BCUT2D eigenvalue weighted by molar-refractivity contribution is 6.33. The number of hydrogen-bond donors (Lipinski definition) is 1. The van der Waals surface area contributed by atoms with Gasteiger partial charge in [-0.3, -0.25) is 10.1 Å². The third-order valence-corrected chi connectivity index (χ3v) is 4.00. The minimum atomic E-state index is -0.430. The number of nitrogens with zero attached hydrogens (tertiary/aromatic N) is 1. The molecular formula is C13H17ClN2O2. The Balaban J connectivity index is 2.12. The number of benzene rings is 1. The van der Waals surface area contributed by atoms with E-state index in [4.69, 9.17) is 11.6 Å². The molecule has 5 heteroatoms. The molecular weight excluding hydrogens is 252 g/mol. The molecule has 1 fully saturated rings. The topological polar surface area (TPSA) is 55.2 Å². The van der Waals surface area contributed by atoms with Crippen molar-refractivity contribution in [2.45, 2.75) is 38.6 Å². The zero-order valence-electron chi connectivity index (χ0n) is 10.4. The van der Waals surface area contributed by atoms with Crippen LogP contribution in [-0.4, -0.2) is 11.0 Å². The SMILES string of the molecule is CCC1CCCC1Nc1ccc([N+](=O)[O-])cc1Cl. The van der Waals surface area contributed by atoms with E-state index in [9.17, 15) is 10.1 Å². The predicted molar refractivity (Wildman–Crippen MR) is 73.1 cm³/mol. The van der Waals surface area contributed by atoms with Crippen molar-refractivity contribution in [3.05, 3.63) is 33.3 Å². The van der Waals surface area contributed by atoms with Crippen molar-refractivity contribution in [3.63, 3.8) is 0 Å². The first-order valence-electron chi connectivity index (χ1n) is 6.32. The van der Waals surface area contributed by atoms with E-state index in [1.54, 1.807) is 6.07 Å². The van der Waals surface area contributed by atoms with E-state index >= 15 is 0 Å². The summed E-state index contributed by atoms with van der Waals surface area (Å²) in [5.74, 6) is 0.677. The van der Waals surface area contributed by atoms with Crippen LogP contribution in [0, 0.1) is 16.0 Å². The van der Waals surface area contributed by atoms with Gasteiger partial charge in [-0.15, -0.1) is 0 Å². The molecule has 4 nitrogen and oxygen atoms in total. The lowest BCUT2D eigenvalue weighted by atomic mass is 10.0. The van der Waals surface area contributed by atoms with Crippen LogP contribution in [0.4, 0.5) is 11.4 Å². The second-order valence-electron chi connectivity index (χ2n) is 4.77. The van der Waals surface area contributed by atoms with E-state index in [1.165, 1.54) is 25.0 Å². The summed E-state index contributed by atoms with van der Waals surface area (Å²) in [7, 11) is 0. The Kier molecular flexibility index (Phi) is 4.07. The van der Waals surface area contributed by atoms with Crippen molar-refractivity contribution in [3.8, 4) is 0 Å². The summed E-state index contributed by atoms with van der Waals surface area (Å²) in [6.07, 6.45) is 4.79. The van der Waals surface area contributed by atoms with Crippen LogP contribution < -0.4 is 5.32 Å². The van der Waals surface area contributed by atoms with Crippen molar-refractivity contribution in [2.24, 2.45) is 5.92 Å². The molecule has 1 aromatic carbocycles. The number of nitro benzene ring substituents is 1. The highest BCUT2D eigenvalue weighted by Gasteiger charge is 2.26. The Hall–Kier alpha value is -1.29. The molecule has 1 aliphatic carbocycles. The Morgan fingerprint density at radius 3 is 2.89 bits per heavy atom. The van der Waals surface area contributed by atoms with Gasteiger partial charge in [0.25, 0.3) is 5.69 Å². The smallest absolute Gasteiger partial charge is 0.271 e. The molecule has 0 radical (unpaired) electrons. The molecule has 1 aromatic rings. The lowest BCUT2D eigenvalue weighted by Crippen LogP contribution is -2.23. The third kappa shape index (κ3) is 2.75. The van der Waals surface area contributed by atoms with Crippen molar-refractivity contribution in [1.29, 1.82) is 0 Å². The molecule has 0 amide bonds. The van der Waals surface area contributed by atoms with Crippen LogP contribution in [-0.2, 0) is 0 Å². The minimum absolute atomic E-state index is 0.0315. The van der Waals surface area contributed by atoms with Crippen molar-refractivity contribution >= 4 is 23.0 Å². The molecule has 98 valence electrons. The van der Waals surface area contributed by atoms with Gasteiger partial charge < -0.3 is 5.32 Å². The summed E-state index contributed by atoms with van der Waals surface area (Å²) >= 11 is 6.08. The number of anilines is 1. The molecule has 0 heterocycles. The highest BCUT2D eigenvalue weighted by Crippen LogP contribution is 2.33. The lowest BCUT2D eigenvalue weighted by molar-refractivity contribution is -0.384. The molecule has 1 saturated carbocycles. The average molecular weight is 269 g/mol. The van der Waals surface area contributed by atoms with E-state index in [-0.39, 0.29) is 5.69 Å². The van der Waals surface area contributed by atoms with Crippen molar-refractivity contribution < 1.29 is 4.92 Å². The van der Waals surface area contributed by atoms with Gasteiger partial charge in [0.15, 0.2) is 0 Å². The fourth-order valence-electron chi connectivity index (χ4n) is 2.65. The quantitative estimate of drug-likeness (QED) is 0.656. The second-order valence-corrected chi connectivity index (χ2v) is 5.18. The molecule has 0 aromatic heterocycles. The molecule has 1 aliphatic rings. The molecule has 0 saturated heterocycles. The van der Waals surface area contributed by atoms with E-state index in [2.05, 4.69) is 12.2 Å². The van der Waals surface area contributed by atoms with E-state index in [0.717, 1.165) is 18.5 Å². The van der Waals surface area contributed by atoms with Crippen LogP contribution in [0.5, 0.6) is 0 Å². The summed E-state index contributed by atoms with van der Waals surface area (Å²) in [4.78, 5) is 10.2. The first-order chi connectivity index (χ1) is 8.61. The van der Waals surface area contributed by atoms with Crippen molar-refractivity contribution in [2.75, 3.05) is 5.32 Å². The first kappa shape index (κ1) is 13.1. The maximum Gasteiger partial charge on any atom is 0.271 e. The second kappa shape index (κ2) is 5.57. The van der Waals surface area contributed by atoms with Gasteiger partial charge in [-0.25, -0.2) is 0 Å². The van der Waals surface area contributed by atoms with Crippen LogP contribution >= 0.6 is 11.6 Å². The summed E-state index contributed by atoms with van der Waals surface area (Å²) < 4.78 is 0. The van der Waals surface area contributed by atoms with Crippen LogP contribution in [0.3, 0.4) is 0 Å². The molecule has 2 unspecified atom stereocenters. The minimum Gasteiger partial charge on any atom is -0.381 e. The maximum atomic E-state index is 10.6. The fraction of sp³-hybridized carbons (Fsp3) is 0.538. The van der Waals surface area contributed by atoms with Crippen LogP contribution in [0.15, 0.2) is 18.2 Å². The predicted octanol–water partition coefficient (Wildman–Crippen LogP) is 4.24. The number of non-ortho nitro benzene ring substituents is 1. The van der Waals surface area contributed by atoms with Gasteiger partial charge in [0.2, 0.25) is 0 Å². The van der Waals surface area contributed by atoms with Gasteiger partial charge in [-0.2, -0.15) is 0 Å². The van der Waals surface area contributed by atoms with Gasteiger partial charge in [0, 0.05) is 18.2 Å². The van der Waals surface area contributed by atoms with Crippen LogP contribution in [0.2, 0.25) is 5.02 Å². The number of rotatable bonds is 4. The fourth-order valence-corrected chi connectivity index (χ4v) is 2.88. The monoisotopic (exact) mass is 268 g/mol. The van der Waals surface area contributed by atoms with E-state index < -0.39 is 4.92 Å². The highest BCUT2D eigenvalue weighted by atomic mass is 35.5. The number of nitrogens with one attached hydrogen (secondary N) is 1. The van der Waals surface area contributed by atoms with Gasteiger partial charge >= 0.3 is 0 Å². The number of halogens is 1. The average Bonchev–Trinajstić information content (AvgIpc) is 2.78. The first-order valence-corrected chi connectivity index (χ1v) is 6.70. The number of nitro groups is 1. The molecule has 2 atom stereocenters. The van der Waals surface area contributed by atoms with Crippen LogP contribution in [0.25, 0.3) is 0 Å². The maximum absolute atomic E-state index is 10.6. The molecule has 2 rings (SSSR count). The van der Waals surface area contributed by atoms with Gasteiger partial charge in [0.1, 0.15) is 0 Å². The summed E-state index contributed by atoms with van der Waals surface area (Å²) in [5, 5.41) is 14.5. The summed E-state index contributed by atoms with van der Waals surface area (Å²) in [6, 6.07) is 5.03. The lowest BCUT2D eigenvalue weighted by Gasteiger charge is -2.21. The Morgan fingerprint density at radius 2 is 2.28 bits per heavy atom. The normalized spacial score (nSPS) is 23.0. The van der Waals surface area contributed by atoms with Gasteiger partial charge in [0.05, 0.1) is 15.6 Å². The molecule has 18 heavy (non-hydrogen) atoms.